The van der Waals surface area contributed by atoms with Crippen LogP contribution < -0.4 is 0 Å². The molecule has 4 nitrogen and oxygen atoms in total. The number of nitrogens with zero attached hydrogens (tertiary/aromatic N) is 4. The molecule has 0 unspecified atom stereocenters. The maximum Gasteiger partial charge on any atom is 0.164 e. The first-order valence-corrected chi connectivity index (χ1v) is 18.6. The molecule has 0 saturated carbocycles. The van der Waals surface area contributed by atoms with Crippen molar-refractivity contribution in [2.24, 2.45) is 0 Å². The zero-order chi connectivity index (χ0) is 35.7. The predicted molar refractivity (Wildman–Crippen MR) is 222 cm³/mol. The van der Waals surface area contributed by atoms with Gasteiger partial charge in [0.15, 0.2) is 17.5 Å². The van der Waals surface area contributed by atoms with E-state index in [0.29, 0.717) is 17.5 Å². The molecule has 54 heavy (non-hydrogen) atoms. The second-order valence-corrected chi connectivity index (χ2v) is 15.2. The Morgan fingerprint density at radius 3 is 1.78 bits per heavy atom. The molecule has 2 heterocycles. The third-order valence-electron chi connectivity index (χ3n) is 12.0. The highest BCUT2D eigenvalue weighted by Crippen LogP contribution is 2.59. The summed E-state index contributed by atoms with van der Waals surface area (Å²) in [5.74, 6) is 1.96. The van der Waals surface area contributed by atoms with Crippen LogP contribution in [0.25, 0.3) is 105 Å². The summed E-state index contributed by atoms with van der Waals surface area (Å²) in [6, 6.07) is 56.7. The number of aromatic nitrogens is 4. The molecule has 0 fully saturated rings. The Kier molecular flexibility index (Phi) is 5.81. The smallest absolute Gasteiger partial charge is 0.164 e. The molecule has 0 atom stereocenters. The first-order chi connectivity index (χ1) is 26.6. The Balaban J connectivity index is 1.16. The summed E-state index contributed by atoms with van der Waals surface area (Å²) in [5, 5.41) is 7.54. The molecule has 0 spiro atoms. The van der Waals surface area contributed by atoms with Gasteiger partial charge in [-0.15, -0.1) is 0 Å². The lowest BCUT2D eigenvalue weighted by Gasteiger charge is -2.22. The molecule has 0 saturated heterocycles. The summed E-state index contributed by atoms with van der Waals surface area (Å²) < 4.78 is 2.49. The molecule has 252 valence electrons. The van der Waals surface area contributed by atoms with Crippen LogP contribution in [0.15, 0.2) is 158 Å². The van der Waals surface area contributed by atoms with E-state index in [-0.39, 0.29) is 5.41 Å². The van der Waals surface area contributed by atoms with Crippen LogP contribution in [-0.4, -0.2) is 19.5 Å². The first kappa shape index (κ1) is 29.6. The molecule has 2 aliphatic rings. The minimum atomic E-state index is -0.0766. The van der Waals surface area contributed by atoms with Gasteiger partial charge in [0.1, 0.15) is 0 Å². The number of rotatable bonds is 4. The van der Waals surface area contributed by atoms with Crippen LogP contribution in [0.5, 0.6) is 0 Å². The van der Waals surface area contributed by atoms with Gasteiger partial charge in [0.25, 0.3) is 0 Å². The molecular weight excluding hydrogens is 657 g/mol. The SMILES string of the molecule is CC1(C)c2cccc3c2-c2c1ccc1ccc4c(c21)c1c-3cccc1n4-c1ccc(-c2nc(-c3ccccc3)nc(-c3ccccc3)n2)c2ccccc12. The first-order valence-electron chi connectivity index (χ1n) is 18.6. The van der Waals surface area contributed by atoms with Crippen molar-refractivity contribution < 1.29 is 0 Å². The summed E-state index contributed by atoms with van der Waals surface area (Å²) in [4.78, 5) is 15.2. The van der Waals surface area contributed by atoms with Crippen molar-refractivity contribution in [1.82, 2.24) is 19.5 Å². The Labute approximate surface area is 312 Å². The van der Waals surface area contributed by atoms with E-state index in [0.717, 1.165) is 33.2 Å². The van der Waals surface area contributed by atoms with Crippen LogP contribution in [0.1, 0.15) is 25.0 Å². The maximum absolute atomic E-state index is 5.12. The third-order valence-corrected chi connectivity index (χ3v) is 12.0. The zero-order valence-corrected chi connectivity index (χ0v) is 29.8. The molecule has 2 aromatic heterocycles. The highest BCUT2D eigenvalue weighted by molar-refractivity contribution is 6.32. The van der Waals surface area contributed by atoms with Gasteiger partial charge in [-0.25, -0.2) is 15.0 Å². The van der Waals surface area contributed by atoms with Gasteiger partial charge in [0.2, 0.25) is 0 Å². The van der Waals surface area contributed by atoms with E-state index in [4.69, 9.17) is 15.0 Å². The van der Waals surface area contributed by atoms with Crippen LogP contribution >= 0.6 is 0 Å². The average Bonchev–Trinajstić information content (AvgIpc) is 3.64. The zero-order valence-electron chi connectivity index (χ0n) is 29.8. The summed E-state index contributed by atoms with van der Waals surface area (Å²) in [6.45, 7) is 4.76. The van der Waals surface area contributed by atoms with E-state index >= 15 is 0 Å². The fourth-order valence-corrected chi connectivity index (χ4v) is 9.54. The second kappa shape index (κ2) is 10.6. The van der Waals surface area contributed by atoms with Crippen molar-refractivity contribution in [2.75, 3.05) is 0 Å². The molecule has 0 bridgehead atoms. The molecule has 8 aromatic carbocycles. The molecule has 0 amide bonds. The van der Waals surface area contributed by atoms with Gasteiger partial charge in [-0.3, -0.25) is 0 Å². The van der Waals surface area contributed by atoms with Crippen molar-refractivity contribution >= 4 is 43.4 Å². The van der Waals surface area contributed by atoms with Gasteiger partial charge in [0, 0.05) is 38.3 Å². The van der Waals surface area contributed by atoms with Crippen LogP contribution in [0.2, 0.25) is 0 Å². The van der Waals surface area contributed by atoms with Crippen LogP contribution in [0.4, 0.5) is 0 Å². The molecular formula is C50H32N4. The van der Waals surface area contributed by atoms with E-state index < -0.39 is 0 Å². The summed E-state index contributed by atoms with van der Waals surface area (Å²) >= 11 is 0. The van der Waals surface area contributed by atoms with Crippen molar-refractivity contribution in [1.29, 1.82) is 0 Å². The van der Waals surface area contributed by atoms with Crippen LogP contribution in [-0.2, 0) is 5.41 Å². The lowest BCUT2D eigenvalue weighted by molar-refractivity contribution is 0.661. The van der Waals surface area contributed by atoms with Crippen molar-refractivity contribution in [3.8, 4) is 62.1 Å². The standard InChI is InChI=1S/C50H32N4/c1-50(2)37-21-11-19-34-35-20-12-22-40-44(35)46-41(27-24-29-23-26-38(50)45(42(29)46)43(34)37)54(40)39-28-25-36(32-17-9-10-18-33(32)39)49-52-47(30-13-5-3-6-14-30)51-48(53-49)31-15-7-4-8-16-31/h3-28H,1-2H3. The minimum absolute atomic E-state index is 0.0766. The Bertz CT molecular complexity index is 3170. The number of hydrogen-bond donors (Lipinski definition) is 0. The van der Waals surface area contributed by atoms with Gasteiger partial charge in [-0.05, 0) is 73.8 Å². The molecule has 2 aliphatic carbocycles. The fourth-order valence-electron chi connectivity index (χ4n) is 9.54. The summed E-state index contributed by atoms with van der Waals surface area (Å²) in [5.41, 5.74) is 14.6. The quantitative estimate of drug-likeness (QED) is 0.185. The average molecular weight is 689 g/mol. The normalized spacial score (nSPS) is 13.5. The van der Waals surface area contributed by atoms with E-state index in [1.807, 2.05) is 36.4 Å². The van der Waals surface area contributed by atoms with Gasteiger partial charge < -0.3 is 4.57 Å². The minimum Gasteiger partial charge on any atom is -0.309 e. The molecule has 0 radical (unpaired) electrons. The fraction of sp³-hybridized carbons (Fsp3) is 0.0600. The molecule has 4 heteroatoms. The highest BCUT2D eigenvalue weighted by atomic mass is 15.0. The molecule has 12 rings (SSSR count). The lowest BCUT2D eigenvalue weighted by Crippen LogP contribution is -2.14. The Morgan fingerprint density at radius 2 is 1.02 bits per heavy atom. The summed E-state index contributed by atoms with van der Waals surface area (Å²) in [6.07, 6.45) is 0. The van der Waals surface area contributed by atoms with Gasteiger partial charge >= 0.3 is 0 Å². The number of benzene rings is 8. The maximum atomic E-state index is 5.12. The van der Waals surface area contributed by atoms with Crippen molar-refractivity contribution in [2.45, 2.75) is 19.3 Å². The molecule has 0 aliphatic heterocycles. The Morgan fingerprint density at radius 1 is 0.407 bits per heavy atom. The Hall–Kier alpha value is -6.91. The third kappa shape index (κ3) is 3.84. The largest absolute Gasteiger partial charge is 0.309 e. The number of hydrogen-bond acceptors (Lipinski definition) is 3. The highest BCUT2D eigenvalue weighted by Gasteiger charge is 2.40. The van der Waals surface area contributed by atoms with E-state index in [2.05, 4.69) is 140 Å². The van der Waals surface area contributed by atoms with E-state index in [9.17, 15) is 0 Å². The molecule has 0 N–H and O–H groups in total. The topological polar surface area (TPSA) is 43.6 Å². The monoisotopic (exact) mass is 688 g/mol. The van der Waals surface area contributed by atoms with Crippen LogP contribution in [0.3, 0.4) is 0 Å². The van der Waals surface area contributed by atoms with Crippen molar-refractivity contribution in [3.63, 3.8) is 0 Å². The molecule has 10 aromatic rings. The predicted octanol–water partition coefficient (Wildman–Crippen LogP) is 12.6. The van der Waals surface area contributed by atoms with Gasteiger partial charge in [0.05, 0.1) is 16.7 Å². The van der Waals surface area contributed by atoms with E-state index in [1.165, 1.54) is 66.0 Å². The van der Waals surface area contributed by atoms with Crippen LogP contribution in [0, 0.1) is 0 Å². The van der Waals surface area contributed by atoms with Gasteiger partial charge in [-0.2, -0.15) is 0 Å². The second-order valence-electron chi connectivity index (χ2n) is 15.2. The van der Waals surface area contributed by atoms with Gasteiger partial charge in [-0.1, -0.05) is 147 Å². The lowest BCUT2D eigenvalue weighted by atomic mass is 9.81. The van der Waals surface area contributed by atoms with E-state index in [1.54, 1.807) is 0 Å². The van der Waals surface area contributed by atoms with Crippen molar-refractivity contribution in [3.05, 3.63) is 169 Å². The number of fused-ring (bicyclic) bond motifs is 2. The summed E-state index contributed by atoms with van der Waals surface area (Å²) in [7, 11) is 0.